The average Bonchev–Trinajstić information content (AvgIpc) is 3.33. The minimum Gasteiger partial charge on any atom is -0.478 e. The van der Waals surface area contributed by atoms with Gasteiger partial charge in [-0.15, -0.1) is 11.3 Å². The summed E-state index contributed by atoms with van der Waals surface area (Å²) in [7, 11) is -4.97. The summed E-state index contributed by atoms with van der Waals surface area (Å²) in [5.41, 5.74) is 9.52. The monoisotopic (exact) mass is 586 g/mol. The molecule has 2 fully saturated rings. The largest absolute Gasteiger partial charge is 0.478 e. The number of carboxylic acid groups (broad SMARTS) is 1. The van der Waals surface area contributed by atoms with E-state index in [2.05, 4.69) is 31.0 Å². The van der Waals surface area contributed by atoms with Gasteiger partial charge < -0.3 is 32.0 Å². The number of carbonyl (C=O) groups excluding carboxylic acids is 2. The molecule has 0 bridgehead atoms. The molecule has 8 N–H and O–H groups in total. The summed E-state index contributed by atoms with van der Waals surface area (Å²) < 4.78 is 33.5. The number of thiazole rings is 1. The molecule has 0 aromatic carbocycles. The third-order valence-electron chi connectivity index (χ3n) is 5.89. The second-order valence-corrected chi connectivity index (χ2v) is 10.9. The standard InChI is InChI=1S/C19H26N10O8S2/c20-4-1-5-22-6-10-7-23-28(26-10)8-12-14(16(31)29(12)39(34,35)36)25-15(30)13(11-9-38-18(21)24-11)27-37-19(2-3-19)17(32)33/h7,9,12,14,22H,1-6,8,20H2,(H2,21,24)(H,25,30)(H,32,33)(H,34,35,36)/b27-13+/t12-,14+/m1/s1. The molecule has 1 aliphatic carbocycles. The minimum atomic E-state index is -4.97. The molecule has 3 heterocycles. The number of aliphatic carboxylic acids is 1. The zero-order valence-corrected chi connectivity index (χ0v) is 21.9. The first-order chi connectivity index (χ1) is 18.4. The van der Waals surface area contributed by atoms with Crippen LogP contribution in [0.2, 0.25) is 0 Å². The smallest absolute Gasteiger partial charge is 0.362 e. The van der Waals surface area contributed by atoms with E-state index in [1.54, 1.807) is 0 Å². The maximum Gasteiger partial charge on any atom is 0.362 e. The number of aromatic nitrogens is 4. The van der Waals surface area contributed by atoms with E-state index < -0.39 is 51.5 Å². The van der Waals surface area contributed by atoms with Crippen LogP contribution in [-0.4, -0.2) is 96.6 Å². The van der Waals surface area contributed by atoms with Crippen LogP contribution in [0.4, 0.5) is 5.13 Å². The van der Waals surface area contributed by atoms with E-state index in [0.717, 1.165) is 22.6 Å². The van der Waals surface area contributed by atoms with Crippen LogP contribution in [0.5, 0.6) is 0 Å². The fraction of sp³-hybridized carbons (Fsp3) is 0.526. The topological polar surface area (TPSA) is 270 Å². The molecule has 39 heavy (non-hydrogen) atoms. The molecule has 2 aromatic rings. The first-order valence-corrected chi connectivity index (χ1v) is 13.8. The van der Waals surface area contributed by atoms with Crippen molar-refractivity contribution in [2.75, 3.05) is 18.8 Å². The maximum atomic E-state index is 13.2. The number of hydrogen-bond donors (Lipinski definition) is 6. The Labute approximate surface area is 225 Å². The summed E-state index contributed by atoms with van der Waals surface area (Å²) in [6.07, 6.45) is 2.54. The summed E-state index contributed by atoms with van der Waals surface area (Å²) in [6.45, 7) is 1.23. The van der Waals surface area contributed by atoms with Crippen molar-refractivity contribution >= 4 is 50.3 Å². The van der Waals surface area contributed by atoms with Gasteiger partial charge in [0, 0.05) is 24.8 Å². The van der Waals surface area contributed by atoms with Crippen LogP contribution in [0.1, 0.15) is 30.7 Å². The third-order valence-corrected chi connectivity index (χ3v) is 7.51. The average molecular weight is 587 g/mol. The number of nitrogens with two attached hydrogens (primary N) is 2. The van der Waals surface area contributed by atoms with Gasteiger partial charge in [-0.3, -0.25) is 14.1 Å². The molecule has 0 spiro atoms. The second-order valence-electron chi connectivity index (χ2n) is 8.74. The first-order valence-electron chi connectivity index (χ1n) is 11.6. The zero-order chi connectivity index (χ0) is 28.4. The van der Waals surface area contributed by atoms with Gasteiger partial charge in [-0.1, -0.05) is 5.16 Å². The Bertz CT molecular complexity index is 1390. The van der Waals surface area contributed by atoms with Crippen molar-refractivity contribution in [1.82, 2.24) is 34.9 Å². The number of amides is 2. The van der Waals surface area contributed by atoms with Gasteiger partial charge in [0.2, 0.25) is 5.60 Å². The number of carbonyl (C=O) groups is 3. The van der Waals surface area contributed by atoms with Crippen LogP contribution in [0.15, 0.2) is 16.7 Å². The van der Waals surface area contributed by atoms with Crippen LogP contribution in [0, 0.1) is 0 Å². The molecule has 1 saturated carbocycles. The number of nitrogen functional groups attached to an aromatic ring is 1. The van der Waals surface area contributed by atoms with Crippen LogP contribution in [-0.2, 0) is 42.6 Å². The lowest BCUT2D eigenvalue weighted by Crippen LogP contribution is -2.73. The molecule has 2 aromatic heterocycles. The third kappa shape index (κ3) is 6.30. The molecule has 1 aliphatic heterocycles. The number of anilines is 1. The van der Waals surface area contributed by atoms with Gasteiger partial charge in [0.05, 0.1) is 18.4 Å². The van der Waals surface area contributed by atoms with Gasteiger partial charge in [-0.05, 0) is 19.5 Å². The van der Waals surface area contributed by atoms with Gasteiger partial charge in [0.15, 0.2) is 10.8 Å². The Balaban J connectivity index is 1.51. The van der Waals surface area contributed by atoms with Crippen LogP contribution in [0.25, 0.3) is 0 Å². The number of β-lactam (4-membered cyclic amide) rings is 1. The highest BCUT2D eigenvalue weighted by molar-refractivity contribution is 7.84. The SMILES string of the molecule is NCCCNCc1cnn(C[C@@H]2[C@H](NC(=O)/C(=N/OC3(C(=O)O)CC3)c3csc(N)n3)C(=O)N2S(=O)(=O)O)n1. The lowest BCUT2D eigenvalue weighted by atomic mass is 9.98. The number of nitrogens with one attached hydrogen (secondary N) is 2. The summed E-state index contributed by atoms with van der Waals surface area (Å²) >= 11 is 0.976. The predicted octanol–water partition coefficient (Wildman–Crippen LogP) is -2.71. The number of oxime groups is 1. The molecule has 0 radical (unpaired) electrons. The van der Waals surface area contributed by atoms with Crippen molar-refractivity contribution in [1.29, 1.82) is 0 Å². The first kappa shape index (κ1) is 28.3. The predicted molar refractivity (Wildman–Crippen MR) is 133 cm³/mol. The Morgan fingerprint density at radius 2 is 2.10 bits per heavy atom. The minimum absolute atomic E-state index is 0.0494. The molecular formula is C19H26N10O8S2. The number of rotatable bonds is 14. The normalized spacial score (nSPS) is 20.4. The highest BCUT2D eigenvalue weighted by atomic mass is 32.2. The zero-order valence-electron chi connectivity index (χ0n) is 20.3. The summed E-state index contributed by atoms with van der Waals surface area (Å²) in [5.74, 6) is -3.39. The number of hydrogen-bond acceptors (Lipinski definition) is 14. The highest BCUT2D eigenvalue weighted by Crippen LogP contribution is 2.40. The quantitative estimate of drug-likeness (QED) is 0.0432. The Hall–Kier alpha value is -3.72. The Morgan fingerprint density at radius 1 is 1.36 bits per heavy atom. The molecule has 18 nitrogen and oxygen atoms in total. The van der Waals surface area contributed by atoms with Crippen molar-refractivity contribution in [3.8, 4) is 0 Å². The number of carboxylic acids is 1. The van der Waals surface area contributed by atoms with Crippen LogP contribution in [0.3, 0.4) is 0 Å². The van der Waals surface area contributed by atoms with E-state index >= 15 is 0 Å². The van der Waals surface area contributed by atoms with Crippen LogP contribution >= 0.6 is 11.3 Å². The van der Waals surface area contributed by atoms with E-state index in [0.29, 0.717) is 25.3 Å². The van der Waals surface area contributed by atoms with Crippen molar-refractivity contribution in [2.24, 2.45) is 10.9 Å². The number of nitrogens with zero attached hydrogens (tertiary/aromatic N) is 6. The molecule has 0 unspecified atom stereocenters. The van der Waals surface area contributed by atoms with Crippen molar-refractivity contribution in [2.45, 2.75) is 50.0 Å². The molecular weight excluding hydrogens is 560 g/mol. The molecule has 2 aliphatic rings. The Kier molecular flexibility index (Phi) is 8.11. The maximum absolute atomic E-state index is 13.2. The van der Waals surface area contributed by atoms with Gasteiger partial charge in [-0.25, -0.2) is 14.1 Å². The Morgan fingerprint density at radius 3 is 2.69 bits per heavy atom. The summed E-state index contributed by atoms with van der Waals surface area (Å²) in [6, 6.07) is -2.73. The van der Waals surface area contributed by atoms with E-state index in [1.165, 1.54) is 11.6 Å². The molecule has 2 atom stereocenters. The van der Waals surface area contributed by atoms with E-state index in [1.807, 2.05) is 0 Å². The van der Waals surface area contributed by atoms with Gasteiger partial charge in [0.1, 0.15) is 17.8 Å². The van der Waals surface area contributed by atoms with Gasteiger partial charge in [0.25, 0.3) is 11.8 Å². The summed E-state index contributed by atoms with van der Waals surface area (Å²) in [4.78, 5) is 47.5. The lowest BCUT2D eigenvalue weighted by Gasteiger charge is -2.43. The van der Waals surface area contributed by atoms with E-state index in [4.69, 9.17) is 16.3 Å². The van der Waals surface area contributed by atoms with E-state index in [9.17, 15) is 32.5 Å². The molecule has 2 amide bonds. The highest BCUT2D eigenvalue weighted by Gasteiger charge is 2.56. The van der Waals surface area contributed by atoms with Crippen LogP contribution < -0.4 is 22.1 Å². The van der Waals surface area contributed by atoms with Crippen molar-refractivity contribution in [3.05, 3.63) is 23.0 Å². The molecule has 4 rings (SSSR count). The van der Waals surface area contributed by atoms with E-state index in [-0.39, 0.29) is 34.5 Å². The second kappa shape index (κ2) is 11.2. The lowest BCUT2D eigenvalue weighted by molar-refractivity contribution is -0.153. The fourth-order valence-corrected chi connectivity index (χ4v) is 5.07. The molecule has 1 saturated heterocycles. The van der Waals surface area contributed by atoms with Crippen molar-refractivity contribution in [3.63, 3.8) is 0 Å². The molecule has 212 valence electrons. The fourth-order valence-electron chi connectivity index (χ4n) is 3.65. The van der Waals surface area contributed by atoms with Gasteiger partial charge in [-0.2, -0.15) is 23.4 Å². The summed E-state index contributed by atoms with van der Waals surface area (Å²) in [5, 5.41) is 28.2. The van der Waals surface area contributed by atoms with Gasteiger partial charge >= 0.3 is 16.3 Å². The van der Waals surface area contributed by atoms with Crippen molar-refractivity contribution < 1.29 is 37.3 Å². The molecule has 20 heteroatoms.